The van der Waals surface area contributed by atoms with E-state index in [0.29, 0.717) is 13.0 Å². The van der Waals surface area contributed by atoms with E-state index in [4.69, 9.17) is 5.73 Å². The molecular weight excluding hydrogens is 280 g/mol. The number of nitrogens with one attached hydrogen (secondary N) is 1. The summed E-state index contributed by atoms with van der Waals surface area (Å²) in [5, 5.41) is 10.2. The first-order valence-corrected chi connectivity index (χ1v) is 6.42. The molecule has 0 aliphatic carbocycles. The lowest BCUT2D eigenvalue weighted by atomic mass is 10.2. The Hall–Kier alpha value is -2.35. The lowest BCUT2D eigenvalue weighted by molar-refractivity contribution is -0.116. The largest absolute Gasteiger partial charge is 0.330 e. The normalized spacial score (nSPS) is 10.6. The molecule has 2 aromatic rings. The van der Waals surface area contributed by atoms with Gasteiger partial charge in [-0.2, -0.15) is 0 Å². The van der Waals surface area contributed by atoms with Crippen molar-refractivity contribution >= 4 is 11.6 Å². The number of rotatable bonds is 6. The van der Waals surface area contributed by atoms with Crippen molar-refractivity contribution in [2.24, 2.45) is 5.73 Å². The number of aryl methyl sites for hydroxylation is 1. The number of amides is 1. The zero-order valence-electron chi connectivity index (χ0n) is 11.2. The van der Waals surface area contributed by atoms with Crippen LogP contribution in [0.4, 0.5) is 14.5 Å². The van der Waals surface area contributed by atoms with Crippen LogP contribution in [0.2, 0.25) is 0 Å². The topological polar surface area (TPSA) is 85.8 Å². The molecule has 1 heterocycles. The molecule has 3 N–H and O–H groups in total. The van der Waals surface area contributed by atoms with Crippen molar-refractivity contribution in [1.82, 2.24) is 15.0 Å². The molecule has 0 aliphatic heterocycles. The van der Waals surface area contributed by atoms with Gasteiger partial charge in [-0.3, -0.25) is 4.79 Å². The van der Waals surface area contributed by atoms with Gasteiger partial charge in [0.05, 0.1) is 5.69 Å². The predicted molar refractivity (Wildman–Crippen MR) is 72.4 cm³/mol. The molecule has 0 spiro atoms. The van der Waals surface area contributed by atoms with E-state index in [9.17, 15) is 13.6 Å². The predicted octanol–water partition coefficient (Wildman–Crippen LogP) is 1.09. The minimum Gasteiger partial charge on any atom is -0.330 e. The minimum atomic E-state index is -1.02. The first-order chi connectivity index (χ1) is 10.1. The third-order valence-corrected chi connectivity index (χ3v) is 2.73. The molecule has 0 saturated heterocycles. The molecule has 0 aliphatic rings. The molecule has 1 amide bonds. The van der Waals surface area contributed by atoms with E-state index in [-0.39, 0.29) is 12.2 Å². The van der Waals surface area contributed by atoms with Crippen LogP contribution in [0.5, 0.6) is 0 Å². The number of hydrogen-bond donors (Lipinski definition) is 2. The van der Waals surface area contributed by atoms with Crippen LogP contribution in [0.1, 0.15) is 12.1 Å². The number of nitrogens with two attached hydrogens (primary N) is 1. The number of carbonyl (C=O) groups is 1. The minimum absolute atomic E-state index is 0.0609. The molecule has 1 aromatic carbocycles. The van der Waals surface area contributed by atoms with Gasteiger partial charge >= 0.3 is 0 Å². The molecule has 0 atom stereocenters. The Morgan fingerprint density at radius 2 is 2.14 bits per heavy atom. The Bertz CT molecular complexity index is 629. The van der Waals surface area contributed by atoms with E-state index in [1.807, 2.05) is 0 Å². The second-order valence-corrected chi connectivity index (χ2v) is 4.48. The number of aromatic nitrogens is 3. The SMILES string of the molecule is NCCCc1cn(CC(=O)Nc2ccc(F)c(F)c2)nn1. The summed E-state index contributed by atoms with van der Waals surface area (Å²) in [6.07, 6.45) is 3.14. The fourth-order valence-electron chi connectivity index (χ4n) is 1.74. The van der Waals surface area contributed by atoms with Gasteiger partial charge in [-0.25, -0.2) is 13.5 Å². The number of anilines is 1. The molecule has 0 radical (unpaired) electrons. The van der Waals surface area contributed by atoms with Crippen LogP contribution in [-0.4, -0.2) is 27.4 Å². The van der Waals surface area contributed by atoms with Gasteiger partial charge in [-0.1, -0.05) is 5.21 Å². The third-order valence-electron chi connectivity index (χ3n) is 2.73. The van der Waals surface area contributed by atoms with Gasteiger partial charge in [-0.05, 0) is 31.5 Å². The van der Waals surface area contributed by atoms with Crippen molar-refractivity contribution in [2.45, 2.75) is 19.4 Å². The van der Waals surface area contributed by atoms with Crippen molar-refractivity contribution in [3.63, 3.8) is 0 Å². The molecule has 0 saturated carbocycles. The summed E-state index contributed by atoms with van der Waals surface area (Å²) >= 11 is 0. The second-order valence-electron chi connectivity index (χ2n) is 4.48. The fraction of sp³-hybridized carbons (Fsp3) is 0.308. The summed E-state index contributed by atoms with van der Waals surface area (Å²) in [6.45, 7) is 0.498. The first-order valence-electron chi connectivity index (χ1n) is 6.42. The van der Waals surface area contributed by atoms with Gasteiger partial charge in [0, 0.05) is 18.0 Å². The lowest BCUT2D eigenvalue weighted by Gasteiger charge is -2.05. The molecule has 112 valence electrons. The van der Waals surface area contributed by atoms with Crippen LogP contribution in [-0.2, 0) is 17.8 Å². The van der Waals surface area contributed by atoms with Crippen molar-refractivity contribution < 1.29 is 13.6 Å². The molecule has 21 heavy (non-hydrogen) atoms. The maximum Gasteiger partial charge on any atom is 0.246 e. The van der Waals surface area contributed by atoms with Crippen LogP contribution in [0.3, 0.4) is 0 Å². The lowest BCUT2D eigenvalue weighted by Crippen LogP contribution is -2.19. The Labute approximate surface area is 119 Å². The van der Waals surface area contributed by atoms with E-state index in [0.717, 1.165) is 24.2 Å². The van der Waals surface area contributed by atoms with Gasteiger partial charge in [0.2, 0.25) is 5.91 Å². The monoisotopic (exact) mass is 295 g/mol. The molecular formula is C13H15F2N5O. The van der Waals surface area contributed by atoms with Crippen LogP contribution in [0, 0.1) is 11.6 Å². The molecule has 0 unspecified atom stereocenters. The highest BCUT2D eigenvalue weighted by molar-refractivity contribution is 5.90. The number of hydrogen-bond acceptors (Lipinski definition) is 4. The van der Waals surface area contributed by atoms with E-state index >= 15 is 0 Å². The van der Waals surface area contributed by atoms with Gasteiger partial charge < -0.3 is 11.1 Å². The Kier molecular flexibility index (Phi) is 4.94. The maximum atomic E-state index is 13.0. The van der Waals surface area contributed by atoms with E-state index in [2.05, 4.69) is 15.6 Å². The van der Waals surface area contributed by atoms with E-state index in [1.165, 1.54) is 10.7 Å². The van der Waals surface area contributed by atoms with E-state index in [1.54, 1.807) is 6.20 Å². The number of carbonyl (C=O) groups excluding carboxylic acids is 1. The Morgan fingerprint density at radius 3 is 2.86 bits per heavy atom. The van der Waals surface area contributed by atoms with Crippen molar-refractivity contribution in [1.29, 1.82) is 0 Å². The van der Waals surface area contributed by atoms with Gasteiger partial charge in [0.1, 0.15) is 6.54 Å². The summed E-state index contributed by atoms with van der Waals surface area (Å²) in [7, 11) is 0. The zero-order valence-corrected chi connectivity index (χ0v) is 11.2. The molecule has 2 rings (SSSR count). The smallest absolute Gasteiger partial charge is 0.246 e. The summed E-state index contributed by atoms with van der Waals surface area (Å²) in [4.78, 5) is 11.8. The van der Waals surface area contributed by atoms with Gasteiger partial charge in [0.25, 0.3) is 0 Å². The second kappa shape index (κ2) is 6.89. The standard InChI is InChI=1S/C13H15F2N5O/c14-11-4-3-9(6-12(11)15)17-13(21)8-20-7-10(18-19-20)2-1-5-16/h3-4,6-7H,1-2,5,8,16H2,(H,17,21). The summed E-state index contributed by atoms with van der Waals surface area (Å²) < 4.78 is 27.2. The van der Waals surface area contributed by atoms with Gasteiger partial charge in [0.15, 0.2) is 11.6 Å². The maximum absolute atomic E-state index is 13.0. The molecule has 8 heteroatoms. The summed E-state index contributed by atoms with van der Waals surface area (Å²) in [5.74, 6) is -2.39. The summed E-state index contributed by atoms with van der Waals surface area (Å²) in [5.41, 5.74) is 6.33. The van der Waals surface area contributed by atoms with Crippen molar-refractivity contribution in [2.75, 3.05) is 11.9 Å². The number of nitrogens with zero attached hydrogens (tertiary/aromatic N) is 3. The number of halogens is 2. The average molecular weight is 295 g/mol. The van der Waals surface area contributed by atoms with Gasteiger partial charge in [-0.15, -0.1) is 5.10 Å². The van der Waals surface area contributed by atoms with Crippen LogP contribution < -0.4 is 11.1 Å². The van der Waals surface area contributed by atoms with Crippen LogP contribution in [0.15, 0.2) is 24.4 Å². The summed E-state index contributed by atoms with van der Waals surface area (Å²) in [6, 6.07) is 3.15. The molecule has 0 bridgehead atoms. The molecule has 0 fully saturated rings. The highest BCUT2D eigenvalue weighted by Crippen LogP contribution is 2.13. The highest BCUT2D eigenvalue weighted by atomic mass is 19.2. The van der Waals surface area contributed by atoms with Crippen LogP contribution >= 0.6 is 0 Å². The third kappa shape index (κ3) is 4.32. The average Bonchev–Trinajstić information content (AvgIpc) is 2.88. The van der Waals surface area contributed by atoms with E-state index < -0.39 is 17.5 Å². The Morgan fingerprint density at radius 1 is 1.33 bits per heavy atom. The zero-order chi connectivity index (χ0) is 15.2. The quantitative estimate of drug-likeness (QED) is 0.835. The van der Waals surface area contributed by atoms with Crippen molar-refractivity contribution in [3.05, 3.63) is 41.7 Å². The molecule has 6 nitrogen and oxygen atoms in total. The first kappa shape index (κ1) is 15.0. The Balaban J connectivity index is 1.91. The van der Waals surface area contributed by atoms with Crippen LogP contribution in [0.25, 0.3) is 0 Å². The molecule has 1 aromatic heterocycles. The number of benzene rings is 1. The highest BCUT2D eigenvalue weighted by Gasteiger charge is 2.08. The fourth-order valence-corrected chi connectivity index (χ4v) is 1.74. The van der Waals surface area contributed by atoms with Crippen molar-refractivity contribution in [3.8, 4) is 0 Å².